The molecule has 0 fully saturated rings. The maximum absolute atomic E-state index is 11.1. The van der Waals surface area contributed by atoms with Gasteiger partial charge in [0, 0.05) is 5.69 Å². The SMILES string of the molecule is COC(=O)c1ccc(C)nc1C(=O)O. The third kappa shape index (κ3) is 1.87. The van der Waals surface area contributed by atoms with Crippen LogP contribution in [0.2, 0.25) is 0 Å². The number of esters is 1. The van der Waals surface area contributed by atoms with Gasteiger partial charge in [-0.1, -0.05) is 0 Å². The first-order chi connectivity index (χ1) is 6.56. The molecule has 0 aliphatic rings. The van der Waals surface area contributed by atoms with E-state index in [1.165, 1.54) is 13.2 Å². The first-order valence-corrected chi connectivity index (χ1v) is 3.85. The third-order valence-electron chi connectivity index (χ3n) is 1.64. The molecule has 0 radical (unpaired) electrons. The summed E-state index contributed by atoms with van der Waals surface area (Å²) in [5.74, 6) is -1.94. The summed E-state index contributed by atoms with van der Waals surface area (Å²) in [6, 6.07) is 2.94. The summed E-state index contributed by atoms with van der Waals surface area (Å²) in [7, 11) is 1.19. The largest absolute Gasteiger partial charge is 0.476 e. The highest BCUT2D eigenvalue weighted by molar-refractivity contribution is 6.00. The van der Waals surface area contributed by atoms with Crippen molar-refractivity contribution in [2.45, 2.75) is 6.92 Å². The molecule has 0 aliphatic carbocycles. The molecule has 0 aliphatic heterocycles. The van der Waals surface area contributed by atoms with Crippen LogP contribution in [0.4, 0.5) is 0 Å². The second-order valence-electron chi connectivity index (χ2n) is 2.65. The van der Waals surface area contributed by atoms with Crippen LogP contribution in [-0.2, 0) is 4.74 Å². The van der Waals surface area contributed by atoms with Crippen LogP contribution in [0, 0.1) is 6.92 Å². The van der Waals surface area contributed by atoms with Crippen LogP contribution in [0.15, 0.2) is 12.1 Å². The molecule has 0 bridgehead atoms. The van der Waals surface area contributed by atoms with Crippen LogP contribution in [0.5, 0.6) is 0 Å². The minimum Gasteiger partial charge on any atom is -0.476 e. The van der Waals surface area contributed by atoms with Gasteiger partial charge in [-0.3, -0.25) is 0 Å². The van der Waals surface area contributed by atoms with E-state index >= 15 is 0 Å². The number of hydrogen-bond acceptors (Lipinski definition) is 4. The van der Waals surface area contributed by atoms with Crippen molar-refractivity contribution in [3.8, 4) is 0 Å². The fraction of sp³-hybridized carbons (Fsp3) is 0.222. The number of aromatic carboxylic acids is 1. The van der Waals surface area contributed by atoms with Crippen molar-refractivity contribution < 1.29 is 19.4 Å². The van der Waals surface area contributed by atoms with Crippen molar-refractivity contribution in [2.75, 3.05) is 7.11 Å². The zero-order valence-electron chi connectivity index (χ0n) is 7.77. The summed E-state index contributed by atoms with van der Waals surface area (Å²) >= 11 is 0. The summed E-state index contributed by atoms with van der Waals surface area (Å²) in [6.45, 7) is 1.65. The molecule has 0 saturated carbocycles. The number of hydrogen-bond donors (Lipinski definition) is 1. The smallest absolute Gasteiger partial charge is 0.355 e. The van der Waals surface area contributed by atoms with E-state index in [0.29, 0.717) is 5.69 Å². The van der Waals surface area contributed by atoms with E-state index in [0.717, 1.165) is 0 Å². The molecule has 5 nitrogen and oxygen atoms in total. The van der Waals surface area contributed by atoms with E-state index in [9.17, 15) is 9.59 Å². The minimum atomic E-state index is -1.24. The predicted molar refractivity (Wildman–Crippen MR) is 47.3 cm³/mol. The maximum atomic E-state index is 11.1. The number of carboxylic acid groups (broad SMARTS) is 1. The molecule has 0 atom stereocenters. The molecule has 1 N–H and O–H groups in total. The normalized spacial score (nSPS) is 9.57. The lowest BCUT2D eigenvalue weighted by Crippen LogP contribution is -2.12. The average Bonchev–Trinajstić information content (AvgIpc) is 2.16. The Morgan fingerprint density at radius 1 is 1.43 bits per heavy atom. The predicted octanol–water partition coefficient (Wildman–Crippen LogP) is 0.875. The van der Waals surface area contributed by atoms with Crippen LogP contribution in [0.1, 0.15) is 26.5 Å². The topological polar surface area (TPSA) is 76.5 Å². The van der Waals surface area contributed by atoms with Gasteiger partial charge in [-0.05, 0) is 19.1 Å². The lowest BCUT2D eigenvalue weighted by molar-refractivity contribution is 0.0580. The molecular weight excluding hydrogens is 186 g/mol. The fourth-order valence-corrected chi connectivity index (χ4v) is 0.994. The van der Waals surface area contributed by atoms with Crippen molar-refractivity contribution in [1.29, 1.82) is 0 Å². The molecule has 0 unspecified atom stereocenters. The van der Waals surface area contributed by atoms with E-state index in [1.54, 1.807) is 13.0 Å². The first kappa shape index (κ1) is 10.2. The Morgan fingerprint density at radius 2 is 2.07 bits per heavy atom. The van der Waals surface area contributed by atoms with E-state index in [1.807, 2.05) is 0 Å². The molecule has 0 saturated heterocycles. The number of ether oxygens (including phenoxy) is 1. The van der Waals surface area contributed by atoms with Crippen molar-refractivity contribution in [3.05, 3.63) is 29.1 Å². The van der Waals surface area contributed by atoms with Gasteiger partial charge in [-0.25, -0.2) is 14.6 Å². The number of rotatable bonds is 2. The van der Waals surface area contributed by atoms with Gasteiger partial charge in [-0.15, -0.1) is 0 Å². The number of carboxylic acids is 1. The number of aromatic nitrogens is 1. The van der Waals surface area contributed by atoms with Gasteiger partial charge in [0.15, 0.2) is 5.69 Å². The number of methoxy groups -OCH3 is 1. The lowest BCUT2D eigenvalue weighted by atomic mass is 10.2. The standard InChI is InChI=1S/C9H9NO4/c1-5-3-4-6(9(13)14-2)7(10-5)8(11)12/h3-4H,1-2H3,(H,11,12). The van der Waals surface area contributed by atoms with Gasteiger partial charge >= 0.3 is 11.9 Å². The molecule has 0 amide bonds. The van der Waals surface area contributed by atoms with Gasteiger partial charge in [0.1, 0.15) is 0 Å². The maximum Gasteiger partial charge on any atom is 0.355 e. The third-order valence-corrected chi connectivity index (χ3v) is 1.64. The quantitative estimate of drug-likeness (QED) is 0.708. The Morgan fingerprint density at radius 3 is 2.57 bits per heavy atom. The molecular formula is C9H9NO4. The second kappa shape index (κ2) is 3.87. The summed E-state index contributed by atoms with van der Waals surface area (Å²) in [5, 5.41) is 8.76. The highest BCUT2D eigenvalue weighted by Gasteiger charge is 2.18. The summed E-state index contributed by atoms with van der Waals surface area (Å²) in [4.78, 5) is 25.6. The summed E-state index contributed by atoms with van der Waals surface area (Å²) in [5.41, 5.74) is 0.220. The minimum absolute atomic E-state index is 0.0365. The van der Waals surface area contributed by atoms with Crippen LogP contribution < -0.4 is 0 Å². The van der Waals surface area contributed by atoms with Crippen LogP contribution >= 0.6 is 0 Å². The monoisotopic (exact) mass is 195 g/mol. The molecule has 0 spiro atoms. The average molecular weight is 195 g/mol. The van der Waals surface area contributed by atoms with E-state index < -0.39 is 11.9 Å². The Bertz CT molecular complexity index is 386. The Balaban J connectivity index is 3.28. The Labute approximate surface area is 80.3 Å². The van der Waals surface area contributed by atoms with Gasteiger partial charge in [0.05, 0.1) is 12.7 Å². The summed E-state index contributed by atoms with van der Waals surface area (Å²) in [6.07, 6.45) is 0. The molecule has 1 aromatic heterocycles. The Kier molecular flexibility index (Phi) is 2.81. The molecule has 1 rings (SSSR count). The number of carbonyl (C=O) groups excluding carboxylic acids is 1. The van der Waals surface area contributed by atoms with E-state index in [-0.39, 0.29) is 11.3 Å². The highest BCUT2D eigenvalue weighted by Crippen LogP contribution is 2.08. The molecule has 14 heavy (non-hydrogen) atoms. The zero-order valence-corrected chi connectivity index (χ0v) is 7.77. The van der Waals surface area contributed by atoms with Crippen molar-refractivity contribution in [1.82, 2.24) is 4.98 Å². The van der Waals surface area contributed by atoms with Crippen LogP contribution in [-0.4, -0.2) is 29.1 Å². The molecule has 1 heterocycles. The second-order valence-corrected chi connectivity index (χ2v) is 2.65. The molecule has 5 heteroatoms. The number of carbonyl (C=O) groups is 2. The number of aryl methyl sites for hydroxylation is 1. The van der Waals surface area contributed by atoms with Crippen LogP contribution in [0.3, 0.4) is 0 Å². The fourth-order valence-electron chi connectivity index (χ4n) is 0.994. The van der Waals surface area contributed by atoms with Crippen molar-refractivity contribution in [3.63, 3.8) is 0 Å². The Hall–Kier alpha value is -1.91. The van der Waals surface area contributed by atoms with Gasteiger partial charge in [0.2, 0.25) is 0 Å². The zero-order chi connectivity index (χ0) is 10.7. The lowest BCUT2D eigenvalue weighted by Gasteiger charge is -2.03. The number of nitrogens with zero attached hydrogens (tertiary/aromatic N) is 1. The van der Waals surface area contributed by atoms with Gasteiger partial charge < -0.3 is 9.84 Å². The van der Waals surface area contributed by atoms with Gasteiger partial charge in [0.25, 0.3) is 0 Å². The molecule has 1 aromatic rings. The molecule has 0 aromatic carbocycles. The summed E-state index contributed by atoms with van der Waals surface area (Å²) < 4.78 is 4.42. The van der Waals surface area contributed by atoms with E-state index in [4.69, 9.17) is 5.11 Å². The van der Waals surface area contributed by atoms with Gasteiger partial charge in [-0.2, -0.15) is 0 Å². The van der Waals surface area contributed by atoms with Crippen molar-refractivity contribution in [2.24, 2.45) is 0 Å². The number of pyridine rings is 1. The molecule has 74 valence electrons. The first-order valence-electron chi connectivity index (χ1n) is 3.85. The highest BCUT2D eigenvalue weighted by atomic mass is 16.5. The van der Waals surface area contributed by atoms with Crippen molar-refractivity contribution >= 4 is 11.9 Å². The van der Waals surface area contributed by atoms with E-state index in [2.05, 4.69) is 9.72 Å². The van der Waals surface area contributed by atoms with Crippen LogP contribution in [0.25, 0.3) is 0 Å².